The lowest BCUT2D eigenvalue weighted by Gasteiger charge is -2.26. The standard InChI is InChI=1S/C18H20N4O3/c1-21-14(7-8-20-21)18(24)22-10-13(12-5-3-2-4-6-12)17-15(22)9-19-16(23)11-25-17/h2-8,13,15,17H,9-11H2,1H3,(H,19,23)/t13-,15-,17-/m1/s1. The lowest BCUT2D eigenvalue weighted by atomic mass is 9.93. The van der Waals surface area contributed by atoms with E-state index in [1.54, 1.807) is 24.0 Å². The zero-order chi connectivity index (χ0) is 17.4. The average Bonchev–Trinajstić information content (AvgIpc) is 3.16. The maximum Gasteiger partial charge on any atom is 0.272 e. The summed E-state index contributed by atoms with van der Waals surface area (Å²) in [6.07, 6.45) is 1.40. The van der Waals surface area contributed by atoms with Crippen LogP contribution in [-0.2, 0) is 16.6 Å². The van der Waals surface area contributed by atoms with E-state index in [1.165, 1.54) is 0 Å². The Labute approximate surface area is 145 Å². The van der Waals surface area contributed by atoms with Crippen molar-refractivity contribution in [2.45, 2.75) is 18.1 Å². The predicted octanol–water partition coefficient (Wildman–Crippen LogP) is 0.543. The topological polar surface area (TPSA) is 76.5 Å². The number of aryl methyl sites for hydroxylation is 1. The number of hydrogen-bond acceptors (Lipinski definition) is 4. The van der Waals surface area contributed by atoms with Crippen molar-refractivity contribution < 1.29 is 14.3 Å². The van der Waals surface area contributed by atoms with Gasteiger partial charge in [-0.2, -0.15) is 5.10 Å². The van der Waals surface area contributed by atoms with Crippen LogP contribution < -0.4 is 5.32 Å². The Bertz CT molecular complexity index is 789. The Hall–Kier alpha value is -2.67. The molecule has 25 heavy (non-hydrogen) atoms. The van der Waals surface area contributed by atoms with Crippen molar-refractivity contribution in [2.75, 3.05) is 19.7 Å². The van der Waals surface area contributed by atoms with E-state index in [1.807, 2.05) is 35.2 Å². The fourth-order valence-corrected chi connectivity index (χ4v) is 3.75. The van der Waals surface area contributed by atoms with E-state index in [0.717, 1.165) is 5.56 Å². The molecule has 3 atom stereocenters. The summed E-state index contributed by atoms with van der Waals surface area (Å²) in [5.41, 5.74) is 1.65. The van der Waals surface area contributed by atoms with Crippen molar-refractivity contribution in [3.63, 3.8) is 0 Å². The van der Waals surface area contributed by atoms with Gasteiger partial charge in [0, 0.05) is 32.3 Å². The van der Waals surface area contributed by atoms with Crippen molar-refractivity contribution in [1.29, 1.82) is 0 Å². The quantitative estimate of drug-likeness (QED) is 0.866. The highest BCUT2D eigenvalue weighted by Gasteiger charge is 2.47. The van der Waals surface area contributed by atoms with Crippen LogP contribution in [0.4, 0.5) is 0 Å². The van der Waals surface area contributed by atoms with Crippen molar-refractivity contribution in [3.05, 3.63) is 53.9 Å². The summed E-state index contributed by atoms with van der Waals surface area (Å²) in [6, 6.07) is 11.5. The van der Waals surface area contributed by atoms with Gasteiger partial charge in [0.25, 0.3) is 5.91 Å². The molecule has 2 aliphatic rings. The third-order valence-corrected chi connectivity index (χ3v) is 5.01. The molecule has 130 valence electrons. The minimum absolute atomic E-state index is 0.0260. The Morgan fingerprint density at radius 2 is 2.08 bits per heavy atom. The van der Waals surface area contributed by atoms with Gasteiger partial charge in [0.05, 0.1) is 12.1 Å². The molecular formula is C18H20N4O3. The van der Waals surface area contributed by atoms with E-state index in [-0.39, 0.29) is 36.5 Å². The number of rotatable bonds is 2. The van der Waals surface area contributed by atoms with E-state index in [0.29, 0.717) is 18.8 Å². The number of fused-ring (bicyclic) bond motifs is 1. The van der Waals surface area contributed by atoms with Crippen LogP contribution in [0.25, 0.3) is 0 Å². The Balaban J connectivity index is 1.68. The van der Waals surface area contributed by atoms with Crippen molar-refractivity contribution in [1.82, 2.24) is 20.0 Å². The number of hydrogen-bond donors (Lipinski definition) is 1. The summed E-state index contributed by atoms with van der Waals surface area (Å²) in [5, 5.41) is 6.94. The summed E-state index contributed by atoms with van der Waals surface area (Å²) in [4.78, 5) is 26.6. The minimum atomic E-state index is -0.210. The summed E-state index contributed by atoms with van der Waals surface area (Å²) < 4.78 is 7.48. The monoisotopic (exact) mass is 340 g/mol. The van der Waals surface area contributed by atoms with Crippen LogP contribution in [0.1, 0.15) is 22.0 Å². The largest absolute Gasteiger partial charge is 0.365 e. The first-order valence-corrected chi connectivity index (χ1v) is 8.37. The summed E-state index contributed by atoms with van der Waals surface area (Å²) >= 11 is 0. The highest BCUT2D eigenvalue weighted by Crippen LogP contribution is 2.35. The molecule has 0 aliphatic carbocycles. The van der Waals surface area contributed by atoms with Crippen molar-refractivity contribution in [2.24, 2.45) is 7.05 Å². The van der Waals surface area contributed by atoms with Crippen LogP contribution in [0.3, 0.4) is 0 Å². The third-order valence-electron chi connectivity index (χ3n) is 5.01. The van der Waals surface area contributed by atoms with Gasteiger partial charge in [0.15, 0.2) is 0 Å². The van der Waals surface area contributed by atoms with E-state index >= 15 is 0 Å². The summed E-state index contributed by atoms with van der Waals surface area (Å²) in [5.74, 6) is -0.196. The molecule has 2 saturated heterocycles. The first-order chi connectivity index (χ1) is 12.1. The molecule has 2 aliphatic heterocycles. The molecule has 0 unspecified atom stereocenters. The maximum atomic E-state index is 13.1. The highest BCUT2D eigenvalue weighted by atomic mass is 16.5. The molecule has 2 fully saturated rings. The van der Waals surface area contributed by atoms with Crippen LogP contribution in [-0.4, -0.2) is 58.3 Å². The zero-order valence-electron chi connectivity index (χ0n) is 14.0. The first kappa shape index (κ1) is 15.8. The third kappa shape index (κ3) is 2.80. The number of carbonyl (C=O) groups is 2. The van der Waals surface area contributed by atoms with Crippen LogP contribution in [0.2, 0.25) is 0 Å². The maximum absolute atomic E-state index is 13.1. The van der Waals surface area contributed by atoms with E-state index in [4.69, 9.17) is 4.74 Å². The number of ether oxygens (including phenoxy) is 1. The first-order valence-electron chi connectivity index (χ1n) is 8.37. The second kappa shape index (κ2) is 6.33. The summed E-state index contributed by atoms with van der Waals surface area (Å²) in [6.45, 7) is 0.980. The van der Waals surface area contributed by atoms with Gasteiger partial charge < -0.3 is 15.0 Å². The molecule has 1 aromatic carbocycles. The number of nitrogens with one attached hydrogen (secondary N) is 1. The zero-order valence-corrected chi connectivity index (χ0v) is 14.0. The van der Waals surface area contributed by atoms with Crippen molar-refractivity contribution >= 4 is 11.8 Å². The number of carbonyl (C=O) groups excluding carboxylic acids is 2. The minimum Gasteiger partial charge on any atom is -0.365 e. The number of nitrogens with zero attached hydrogens (tertiary/aromatic N) is 3. The second-order valence-electron chi connectivity index (χ2n) is 6.46. The molecule has 7 nitrogen and oxygen atoms in total. The second-order valence-corrected chi connectivity index (χ2v) is 6.46. The van der Waals surface area contributed by atoms with Gasteiger partial charge in [0.1, 0.15) is 12.3 Å². The normalized spacial score (nSPS) is 26.0. The number of benzene rings is 1. The predicted molar refractivity (Wildman–Crippen MR) is 90.0 cm³/mol. The van der Waals surface area contributed by atoms with Crippen LogP contribution >= 0.6 is 0 Å². The van der Waals surface area contributed by atoms with Gasteiger partial charge >= 0.3 is 0 Å². The van der Waals surface area contributed by atoms with E-state index < -0.39 is 0 Å². The Morgan fingerprint density at radius 1 is 1.28 bits per heavy atom. The summed E-state index contributed by atoms with van der Waals surface area (Å²) in [7, 11) is 1.75. The fraction of sp³-hybridized carbons (Fsp3) is 0.389. The molecular weight excluding hydrogens is 320 g/mol. The number of aromatic nitrogens is 2. The highest BCUT2D eigenvalue weighted by molar-refractivity contribution is 5.93. The van der Waals surface area contributed by atoms with Crippen LogP contribution in [0.5, 0.6) is 0 Å². The smallest absolute Gasteiger partial charge is 0.272 e. The average molecular weight is 340 g/mol. The van der Waals surface area contributed by atoms with Gasteiger partial charge in [-0.15, -0.1) is 0 Å². The van der Waals surface area contributed by atoms with Gasteiger partial charge in [-0.05, 0) is 11.6 Å². The van der Waals surface area contributed by atoms with E-state index in [9.17, 15) is 9.59 Å². The molecule has 0 bridgehead atoms. The van der Waals surface area contributed by atoms with Crippen LogP contribution in [0.15, 0.2) is 42.6 Å². The van der Waals surface area contributed by atoms with Gasteiger partial charge in [0.2, 0.25) is 5.91 Å². The van der Waals surface area contributed by atoms with Gasteiger partial charge in [-0.25, -0.2) is 0 Å². The number of likely N-dealkylation sites (tertiary alicyclic amines) is 1. The van der Waals surface area contributed by atoms with Gasteiger partial charge in [-0.1, -0.05) is 30.3 Å². The van der Waals surface area contributed by atoms with Crippen LogP contribution in [0, 0.1) is 0 Å². The molecule has 0 saturated carbocycles. The SMILES string of the molecule is Cn1nccc1C(=O)N1C[C@H](c2ccccc2)[C@H]2OCC(=O)NC[C@H]21. The molecule has 2 aromatic rings. The van der Waals surface area contributed by atoms with E-state index in [2.05, 4.69) is 10.4 Å². The lowest BCUT2D eigenvalue weighted by Crippen LogP contribution is -2.45. The number of amides is 2. The molecule has 0 spiro atoms. The fourth-order valence-electron chi connectivity index (χ4n) is 3.75. The Kier molecular flexibility index (Phi) is 4.01. The molecule has 3 heterocycles. The van der Waals surface area contributed by atoms with Gasteiger partial charge in [-0.3, -0.25) is 14.3 Å². The molecule has 2 amide bonds. The molecule has 7 heteroatoms. The molecule has 4 rings (SSSR count). The van der Waals surface area contributed by atoms with Crippen molar-refractivity contribution in [3.8, 4) is 0 Å². The molecule has 1 aromatic heterocycles. The lowest BCUT2D eigenvalue weighted by molar-refractivity contribution is -0.125. The molecule has 1 N–H and O–H groups in total. The Morgan fingerprint density at radius 3 is 2.80 bits per heavy atom. The molecule has 0 radical (unpaired) electrons.